The standard InChI is InChI=1S/C27H33F2N3O5/c1-5-36-23(34)16-22(33)32-14-12-27(13-15-32,20-9-7-6-8-19(20)17(2)3)25(35)31-21-11-10-18(4)30-24(21)37-26(28)29/h6-11,17,26H,5,12-16H2,1-4H3,(H,31,35). The van der Waals surface area contributed by atoms with Crippen molar-refractivity contribution in [2.45, 2.75) is 64.9 Å². The minimum atomic E-state index is -3.10. The summed E-state index contributed by atoms with van der Waals surface area (Å²) in [6.07, 6.45) is 0.196. The van der Waals surface area contributed by atoms with Crippen LogP contribution in [0.2, 0.25) is 0 Å². The molecule has 200 valence electrons. The molecule has 0 aliphatic carbocycles. The monoisotopic (exact) mass is 517 g/mol. The van der Waals surface area contributed by atoms with E-state index in [0.29, 0.717) is 5.69 Å². The Bertz CT molecular complexity index is 1130. The van der Waals surface area contributed by atoms with E-state index in [1.54, 1.807) is 24.8 Å². The highest BCUT2D eigenvalue weighted by Gasteiger charge is 2.45. The van der Waals surface area contributed by atoms with E-state index < -0.39 is 23.9 Å². The van der Waals surface area contributed by atoms with Crippen LogP contribution in [0.15, 0.2) is 36.4 Å². The number of rotatable bonds is 9. The number of nitrogens with one attached hydrogen (secondary N) is 1. The van der Waals surface area contributed by atoms with Crippen molar-refractivity contribution in [1.29, 1.82) is 0 Å². The van der Waals surface area contributed by atoms with Crippen LogP contribution in [-0.4, -0.2) is 54.0 Å². The number of benzene rings is 1. The van der Waals surface area contributed by atoms with Gasteiger partial charge in [0.25, 0.3) is 0 Å². The number of aryl methyl sites for hydroxylation is 1. The maximum Gasteiger partial charge on any atom is 0.388 e. The Hall–Kier alpha value is -3.56. The Balaban J connectivity index is 1.94. The molecule has 0 spiro atoms. The molecular formula is C27H33F2N3O5. The summed E-state index contributed by atoms with van der Waals surface area (Å²) in [5, 5.41) is 2.77. The summed E-state index contributed by atoms with van der Waals surface area (Å²) >= 11 is 0. The average Bonchev–Trinajstić information content (AvgIpc) is 2.85. The first-order valence-electron chi connectivity index (χ1n) is 12.3. The first kappa shape index (κ1) is 28.0. The molecule has 37 heavy (non-hydrogen) atoms. The molecular weight excluding hydrogens is 484 g/mol. The second kappa shape index (κ2) is 12.1. The van der Waals surface area contributed by atoms with Gasteiger partial charge in [0.2, 0.25) is 17.7 Å². The van der Waals surface area contributed by atoms with Crippen molar-refractivity contribution in [3.05, 3.63) is 53.2 Å². The fraction of sp³-hybridized carbons (Fsp3) is 0.481. The number of nitrogens with zero attached hydrogens (tertiary/aromatic N) is 2. The van der Waals surface area contributed by atoms with Crippen molar-refractivity contribution in [2.24, 2.45) is 0 Å². The van der Waals surface area contributed by atoms with E-state index in [2.05, 4.69) is 15.0 Å². The van der Waals surface area contributed by atoms with Crippen LogP contribution in [0.5, 0.6) is 5.88 Å². The van der Waals surface area contributed by atoms with Crippen molar-refractivity contribution >= 4 is 23.5 Å². The summed E-state index contributed by atoms with van der Waals surface area (Å²) in [4.78, 5) is 44.0. The SMILES string of the molecule is CCOC(=O)CC(=O)N1CCC(C(=O)Nc2ccc(C)nc2OC(F)F)(c2ccccc2C(C)C)CC1. The van der Waals surface area contributed by atoms with Crippen molar-refractivity contribution in [3.8, 4) is 5.88 Å². The van der Waals surface area contributed by atoms with E-state index in [0.717, 1.165) is 11.1 Å². The summed E-state index contributed by atoms with van der Waals surface area (Å²) in [5.74, 6) is -1.60. The first-order chi connectivity index (χ1) is 17.6. The van der Waals surface area contributed by atoms with Crippen LogP contribution in [-0.2, 0) is 24.5 Å². The molecule has 1 N–H and O–H groups in total. The van der Waals surface area contributed by atoms with Crippen LogP contribution < -0.4 is 10.1 Å². The molecule has 3 rings (SSSR count). The van der Waals surface area contributed by atoms with Crippen LogP contribution in [0.25, 0.3) is 0 Å². The number of carbonyl (C=O) groups is 3. The molecule has 2 aromatic rings. The number of anilines is 1. The van der Waals surface area contributed by atoms with Gasteiger partial charge in [-0.2, -0.15) is 8.78 Å². The van der Waals surface area contributed by atoms with Crippen LogP contribution in [0, 0.1) is 6.92 Å². The number of ether oxygens (including phenoxy) is 2. The minimum Gasteiger partial charge on any atom is -0.466 e. The van der Waals surface area contributed by atoms with Crippen LogP contribution in [0.1, 0.15) is 62.8 Å². The second-order valence-corrected chi connectivity index (χ2v) is 9.32. The predicted molar refractivity (Wildman–Crippen MR) is 134 cm³/mol. The van der Waals surface area contributed by atoms with E-state index in [-0.39, 0.29) is 62.4 Å². The van der Waals surface area contributed by atoms with Crippen molar-refractivity contribution in [1.82, 2.24) is 9.88 Å². The van der Waals surface area contributed by atoms with Gasteiger partial charge in [-0.3, -0.25) is 14.4 Å². The number of piperidine rings is 1. The molecule has 1 aliphatic rings. The lowest BCUT2D eigenvalue weighted by Gasteiger charge is -2.42. The number of halogens is 2. The lowest BCUT2D eigenvalue weighted by molar-refractivity contribution is -0.149. The van der Waals surface area contributed by atoms with Gasteiger partial charge in [-0.1, -0.05) is 38.1 Å². The minimum absolute atomic E-state index is 0.0399. The Morgan fingerprint density at radius 1 is 1.11 bits per heavy atom. The van der Waals surface area contributed by atoms with E-state index in [1.165, 1.54) is 6.07 Å². The Morgan fingerprint density at radius 3 is 2.41 bits per heavy atom. The lowest BCUT2D eigenvalue weighted by atomic mass is 9.69. The summed E-state index contributed by atoms with van der Waals surface area (Å²) in [7, 11) is 0. The van der Waals surface area contributed by atoms with Gasteiger partial charge >= 0.3 is 12.6 Å². The number of pyridine rings is 1. The molecule has 0 saturated carbocycles. The van der Waals surface area contributed by atoms with Crippen molar-refractivity contribution in [3.63, 3.8) is 0 Å². The molecule has 1 fully saturated rings. The number of amides is 2. The third kappa shape index (κ3) is 6.61. The highest BCUT2D eigenvalue weighted by Crippen LogP contribution is 2.41. The Kier molecular flexibility index (Phi) is 9.18. The fourth-order valence-electron chi connectivity index (χ4n) is 4.68. The highest BCUT2D eigenvalue weighted by molar-refractivity contribution is 6.01. The number of alkyl halides is 2. The van der Waals surface area contributed by atoms with Gasteiger partial charge < -0.3 is 19.7 Å². The highest BCUT2D eigenvalue weighted by atomic mass is 19.3. The summed E-state index contributed by atoms with van der Waals surface area (Å²) in [5.41, 5.74) is 1.25. The zero-order chi connectivity index (χ0) is 27.2. The van der Waals surface area contributed by atoms with Crippen molar-refractivity contribution in [2.75, 3.05) is 25.0 Å². The number of likely N-dealkylation sites (tertiary alicyclic amines) is 1. The number of hydrogen-bond donors (Lipinski definition) is 1. The summed E-state index contributed by atoms with van der Waals surface area (Å²) in [6, 6.07) is 10.7. The predicted octanol–water partition coefficient (Wildman–Crippen LogP) is 4.57. The zero-order valence-electron chi connectivity index (χ0n) is 21.6. The normalized spacial score (nSPS) is 15.0. The fourth-order valence-corrected chi connectivity index (χ4v) is 4.68. The van der Waals surface area contributed by atoms with Crippen molar-refractivity contribution < 1.29 is 32.6 Å². The van der Waals surface area contributed by atoms with Crippen LogP contribution >= 0.6 is 0 Å². The van der Waals surface area contributed by atoms with Crippen LogP contribution in [0.4, 0.5) is 14.5 Å². The van der Waals surface area contributed by atoms with Gasteiger partial charge in [0, 0.05) is 18.8 Å². The smallest absolute Gasteiger partial charge is 0.388 e. The number of esters is 1. The van der Waals surface area contributed by atoms with Gasteiger partial charge in [-0.05, 0) is 55.9 Å². The molecule has 10 heteroatoms. The number of carbonyl (C=O) groups excluding carboxylic acids is 3. The molecule has 2 heterocycles. The Labute approximate surface area is 215 Å². The average molecular weight is 518 g/mol. The van der Waals surface area contributed by atoms with Crippen LogP contribution in [0.3, 0.4) is 0 Å². The molecule has 0 radical (unpaired) electrons. The third-order valence-electron chi connectivity index (χ3n) is 6.55. The molecule has 1 aliphatic heterocycles. The van der Waals surface area contributed by atoms with Gasteiger partial charge in [-0.25, -0.2) is 4.98 Å². The molecule has 1 saturated heterocycles. The molecule has 1 aromatic carbocycles. The van der Waals surface area contributed by atoms with E-state index in [1.807, 2.05) is 38.1 Å². The molecule has 0 atom stereocenters. The lowest BCUT2D eigenvalue weighted by Crippen LogP contribution is -2.51. The van der Waals surface area contributed by atoms with Gasteiger partial charge in [0.05, 0.1) is 12.0 Å². The second-order valence-electron chi connectivity index (χ2n) is 9.32. The van der Waals surface area contributed by atoms with Gasteiger partial charge in [-0.15, -0.1) is 0 Å². The maximum atomic E-state index is 14.0. The molecule has 0 unspecified atom stereocenters. The van der Waals surface area contributed by atoms with E-state index in [4.69, 9.17) is 4.74 Å². The Morgan fingerprint density at radius 2 is 1.78 bits per heavy atom. The molecule has 1 aromatic heterocycles. The number of hydrogen-bond acceptors (Lipinski definition) is 6. The summed E-state index contributed by atoms with van der Waals surface area (Å²) < 4.78 is 35.5. The first-order valence-corrected chi connectivity index (χ1v) is 12.3. The van der Waals surface area contributed by atoms with E-state index >= 15 is 0 Å². The summed E-state index contributed by atoms with van der Waals surface area (Å²) in [6.45, 7) is 4.93. The van der Waals surface area contributed by atoms with Gasteiger partial charge in [0.15, 0.2) is 0 Å². The van der Waals surface area contributed by atoms with E-state index in [9.17, 15) is 23.2 Å². The topological polar surface area (TPSA) is 97.8 Å². The zero-order valence-corrected chi connectivity index (χ0v) is 21.6. The third-order valence-corrected chi connectivity index (χ3v) is 6.55. The quantitative estimate of drug-likeness (QED) is 0.387. The molecule has 0 bridgehead atoms. The molecule has 8 nitrogen and oxygen atoms in total. The largest absolute Gasteiger partial charge is 0.466 e. The number of aromatic nitrogens is 1. The molecule has 2 amide bonds. The van der Waals surface area contributed by atoms with Gasteiger partial charge in [0.1, 0.15) is 12.1 Å². The maximum absolute atomic E-state index is 14.0.